The molecule has 1 aliphatic rings. The third kappa shape index (κ3) is 3.54. The Morgan fingerprint density at radius 3 is 2.73 bits per heavy atom. The van der Waals surface area contributed by atoms with Crippen LogP contribution in [0.15, 0.2) is 54.7 Å². The van der Waals surface area contributed by atoms with Crippen molar-refractivity contribution >= 4 is 28.3 Å². The average Bonchev–Trinajstić information content (AvgIpc) is 3.29. The van der Waals surface area contributed by atoms with Gasteiger partial charge in [-0.2, -0.15) is 0 Å². The number of benzene rings is 2. The molecule has 1 amide bonds. The van der Waals surface area contributed by atoms with Crippen LogP contribution >= 0.6 is 11.3 Å². The number of hydrogen-bond acceptors (Lipinski definition) is 6. The molecule has 2 aromatic heterocycles. The summed E-state index contributed by atoms with van der Waals surface area (Å²) < 4.78 is 14.1. The van der Waals surface area contributed by atoms with Crippen LogP contribution in [0.2, 0.25) is 0 Å². The standard InChI is InChI=1S/C22H18FN5OS/c23-16-8-2-1-7-15(16)21-27-26-20(30-21)14-6-5-11-28(13-14)22(29)19-12-24-17-9-3-4-10-18(17)25-19/h1-4,7-10,12,14H,5-6,11,13H2. The summed E-state index contributed by atoms with van der Waals surface area (Å²) in [7, 11) is 0. The molecule has 5 rings (SSSR count). The van der Waals surface area contributed by atoms with Crippen LogP contribution < -0.4 is 0 Å². The Bertz CT molecular complexity index is 1230. The minimum Gasteiger partial charge on any atom is -0.337 e. The summed E-state index contributed by atoms with van der Waals surface area (Å²) in [4.78, 5) is 23.7. The average molecular weight is 419 g/mol. The van der Waals surface area contributed by atoms with Gasteiger partial charge in [0.15, 0.2) is 5.01 Å². The lowest BCUT2D eigenvalue weighted by atomic mass is 9.98. The van der Waals surface area contributed by atoms with E-state index in [0.717, 1.165) is 23.4 Å². The number of para-hydroxylation sites is 2. The Balaban J connectivity index is 1.35. The van der Waals surface area contributed by atoms with Gasteiger partial charge in [-0.3, -0.25) is 9.78 Å². The van der Waals surface area contributed by atoms with Crippen LogP contribution in [0.5, 0.6) is 0 Å². The number of amides is 1. The van der Waals surface area contributed by atoms with Gasteiger partial charge in [0.05, 0.1) is 17.2 Å². The Hall–Kier alpha value is -3.26. The summed E-state index contributed by atoms with van der Waals surface area (Å²) in [6.07, 6.45) is 3.32. The zero-order valence-corrected chi connectivity index (χ0v) is 16.8. The van der Waals surface area contributed by atoms with Crippen LogP contribution in [0.4, 0.5) is 4.39 Å². The smallest absolute Gasteiger partial charge is 0.274 e. The monoisotopic (exact) mass is 419 g/mol. The number of fused-ring (bicyclic) bond motifs is 1. The van der Waals surface area contributed by atoms with Crippen LogP contribution in [0.3, 0.4) is 0 Å². The van der Waals surface area contributed by atoms with Crippen LogP contribution in [-0.4, -0.2) is 44.1 Å². The number of rotatable bonds is 3. The van der Waals surface area contributed by atoms with Crippen molar-refractivity contribution in [2.75, 3.05) is 13.1 Å². The zero-order valence-electron chi connectivity index (χ0n) is 16.0. The van der Waals surface area contributed by atoms with Gasteiger partial charge in [-0.15, -0.1) is 10.2 Å². The molecule has 6 nitrogen and oxygen atoms in total. The third-order valence-electron chi connectivity index (χ3n) is 5.27. The first kappa shape index (κ1) is 18.7. The Kier molecular flexibility index (Phi) is 4.92. The number of hydrogen-bond donors (Lipinski definition) is 0. The second-order valence-corrected chi connectivity index (χ2v) is 8.27. The zero-order chi connectivity index (χ0) is 20.5. The van der Waals surface area contributed by atoms with E-state index in [1.165, 1.54) is 23.6 Å². The quantitative estimate of drug-likeness (QED) is 0.495. The van der Waals surface area contributed by atoms with Crippen molar-refractivity contribution in [1.29, 1.82) is 0 Å². The van der Waals surface area contributed by atoms with E-state index < -0.39 is 0 Å². The first-order valence-corrected chi connectivity index (χ1v) is 10.6. The number of carbonyl (C=O) groups is 1. The molecule has 0 bridgehead atoms. The van der Waals surface area contributed by atoms with Gasteiger partial charge in [0.2, 0.25) is 0 Å². The normalized spacial score (nSPS) is 16.7. The molecular weight excluding hydrogens is 401 g/mol. The molecule has 1 aliphatic heterocycles. The van der Waals surface area contributed by atoms with Crippen LogP contribution in [0.25, 0.3) is 21.6 Å². The Morgan fingerprint density at radius 2 is 1.87 bits per heavy atom. The molecule has 4 aromatic rings. The van der Waals surface area contributed by atoms with Gasteiger partial charge in [0, 0.05) is 24.6 Å². The van der Waals surface area contributed by atoms with Crippen LogP contribution in [0.1, 0.15) is 34.3 Å². The maximum atomic E-state index is 14.1. The molecule has 0 radical (unpaired) electrons. The van der Waals surface area contributed by atoms with E-state index in [2.05, 4.69) is 20.2 Å². The highest BCUT2D eigenvalue weighted by Gasteiger charge is 2.29. The topological polar surface area (TPSA) is 71.9 Å². The maximum Gasteiger partial charge on any atom is 0.274 e. The highest BCUT2D eigenvalue weighted by Crippen LogP contribution is 2.33. The van der Waals surface area contributed by atoms with E-state index in [1.807, 2.05) is 24.3 Å². The van der Waals surface area contributed by atoms with Crippen molar-refractivity contribution in [3.63, 3.8) is 0 Å². The number of piperidine rings is 1. The summed E-state index contributed by atoms with van der Waals surface area (Å²) >= 11 is 1.39. The molecule has 30 heavy (non-hydrogen) atoms. The van der Waals surface area contributed by atoms with Gasteiger partial charge in [0.1, 0.15) is 16.5 Å². The van der Waals surface area contributed by atoms with E-state index in [4.69, 9.17) is 0 Å². The molecule has 0 spiro atoms. The second kappa shape index (κ2) is 7.87. The first-order chi connectivity index (χ1) is 14.7. The molecule has 0 saturated carbocycles. The molecule has 3 heterocycles. The molecule has 1 saturated heterocycles. The van der Waals surface area contributed by atoms with Crippen LogP contribution in [-0.2, 0) is 0 Å². The highest BCUT2D eigenvalue weighted by atomic mass is 32.1. The largest absolute Gasteiger partial charge is 0.337 e. The van der Waals surface area contributed by atoms with Crippen molar-refractivity contribution in [3.05, 3.63) is 71.2 Å². The van der Waals surface area contributed by atoms with Crippen molar-refractivity contribution in [1.82, 2.24) is 25.1 Å². The van der Waals surface area contributed by atoms with Gasteiger partial charge >= 0.3 is 0 Å². The summed E-state index contributed by atoms with van der Waals surface area (Å²) in [5.74, 6) is -0.360. The van der Waals surface area contributed by atoms with E-state index in [-0.39, 0.29) is 17.6 Å². The molecule has 8 heteroatoms. The molecule has 150 valence electrons. The van der Waals surface area contributed by atoms with Crippen molar-refractivity contribution < 1.29 is 9.18 Å². The minimum atomic E-state index is -0.310. The molecule has 1 unspecified atom stereocenters. The number of nitrogens with zero attached hydrogens (tertiary/aromatic N) is 5. The fourth-order valence-electron chi connectivity index (χ4n) is 3.73. The van der Waals surface area contributed by atoms with Gasteiger partial charge < -0.3 is 4.90 Å². The fourth-order valence-corrected chi connectivity index (χ4v) is 4.72. The van der Waals surface area contributed by atoms with Crippen molar-refractivity contribution in [2.24, 2.45) is 0 Å². The van der Waals surface area contributed by atoms with Crippen molar-refractivity contribution in [2.45, 2.75) is 18.8 Å². The number of halogens is 1. The SMILES string of the molecule is O=C(c1cnc2ccccc2n1)N1CCCC(c2nnc(-c3ccccc3F)s2)C1. The summed E-state index contributed by atoms with van der Waals surface area (Å²) in [6, 6.07) is 14.1. The highest BCUT2D eigenvalue weighted by molar-refractivity contribution is 7.14. The molecule has 2 aromatic carbocycles. The predicted molar refractivity (Wildman–Crippen MR) is 113 cm³/mol. The minimum absolute atomic E-state index is 0.0779. The van der Waals surface area contributed by atoms with E-state index in [1.54, 1.807) is 23.1 Å². The van der Waals surface area contributed by atoms with E-state index in [0.29, 0.717) is 34.9 Å². The predicted octanol–water partition coefficient (Wildman–Crippen LogP) is 4.31. The van der Waals surface area contributed by atoms with Gasteiger partial charge in [0.25, 0.3) is 5.91 Å². The van der Waals surface area contributed by atoms with Gasteiger partial charge in [-0.25, -0.2) is 9.37 Å². The van der Waals surface area contributed by atoms with Gasteiger partial charge in [-0.05, 0) is 37.1 Å². The summed E-state index contributed by atoms with van der Waals surface area (Å²) in [6.45, 7) is 1.21. The van der Waals surface area contributed by atoms with Crippen LogP contribution in [0, 0.1) is 5.82 Å². The third-order valence-corrected chi connectivity index (χ3v) is 6.39. The van der Waals surface area contributed by atoms with E-state index in [9.17, 15) is 9.18 Å². The molecular formula is C22H18FN5OS. The Morgan fingerprint density at radius 1 is 1.07 bits per heavy atom. The molecule has 0 N–H and O–H groups in total. The van der Waals surface area contributed by atoms with Gasteiger partial charge in [-0.1, -0.05) is 35.6 Å². The molecule has 1 atom stereocenters. The maximum absolute atomic E-state index is 14.1. The number of carbonyl (C=O) groups excluding carboxylic acids is 1. The van der Waals surface area contributed by atoms with Crippen molar-refractivity contribution in [3.8, 4) is 10.6 Å². The summed E-state index contributed by atoms with van der Waals surface area (Å²) in [5, 5.41) is 9.88. The second-order valence-electron chi connectivity index (χ2n) is 7.26. The Labute approximate surface area is 176 Å². The lowest BCUT2D eigenvalue weighted by Crippen LogP contribution is -2.39. The fraction of sp³-hybridized carbons (Fsp3) is 0.227. The molecule has 1 fully saturated rings. The molecule has 0 aliphatic carbocycles. The lowest BCUT2D eigenvalue weighted by molar-refractivity contribution is 0.0701. The van der Waals surface area contributed by atoms with E-state index >= 15 is 0 Å². The first-order valence-electron chi connectivity index (χ1n) is 9.78. The number of aromatic nitrogens is 4. The lowest BCUT2D eigenvalue weighted by Gasteiger charge is -2.31. The summed E-state index contributed by atoms with van der Waals surface area (Å²) in [5.41, 5.74) is 2.27. The number of likely N-dealkylation sites (tertiary alicyclic amines) is 1.